The fourth-order valence-electron chi connectivity index (χ4n) is 1.93. The second kappa shape index (κ2) is 5.71. The molecule has 0 bridgehead atoms. The highest BCUT2D eigenvalue weighted by molar-refractivity contribution is 7.09. The first-order valence-corrected chi connectivity index (χ1v) is 7.05. The summed E-state index contributed by atoms with van der Waals surface area (Å²) in [6, 6.07) is 12.2. The number of aromatic nitrogens is 2. The van der Waals surface area contributed by atoms with Crippen molar-refractivity contribution in [2.45, 2.75) is 6.42 Å². The summed E-state index contributed by atoms with van der Waals surface area (Å²) in [5.41, 5.74) is 1.93. The predicted octanol–water partition coefficient (Wildman–Crippen LogP) is 3.76. The Balaban J connectivity index is 1.71. The number of para-hydroxylation sites is 1. The third-order valence-electron chi connectivity index (χ3n) is 2.85. The Hall–Kier alpha value is -2.07. The first-order chi connectivity index (χ1) is 9.43. The lowest BCUT2D eigenvalue weighted by molar-refractivity contribution is 0.324. The highest BCUT2D eigenvalue weighted by Crippen LogP contribution is 2.28. The van der Waals surface area contributed by atoms with Gasteiger partial charge in [-0.3, -0.25) is 0 Å². The van der Waals surface area contributed by atoms with Crippen molar-refractivity contribution in [2.75, 3.05) is 6.61 Å². The number of hydrogen-bond acceptors (Lipinski definition) is 3. The van der Waals surface area contributed by atoms with E-state index in [-0.39, 0.29) is 0 Å². The minimum absolute atomic E-state index is 0.682. The van der Waals surface area contributed by atoms with E-state index in [1.54, 1.807) is 17.7 Å². The van der Waals surface area contributed by atoms with Gasteiger partial charge in [-0.1, -0.05) is 18.2 Å². The van der Waals surface area contributed by atoms with Crippen LogP contribution in [0.25, 0.3) is 11.3 Å². The van der Waals surface area contributed by atoms with Gasteiger partial charge >= 0.3 is 0 Å². The summed E-state index contributed by atoms with van der Waals surface area (Å²) in [6.07, 6.45) is 4.49. The summed E-state index contributed by atoms with van der Waals surface area (Å²) < 4.78 is 5.89. The maximum Gasteiger partial charge on any atom is 0.128 e. The average molecular weight is 270 g/mol. The Bertz CT molecular complexity index is 617. The largest absolute Gasteiger partial charge is 0.493 e. The van der Waals surface area contributed by atoms with Crippen molar-refractivity contribution < 1.29 is 4.74 Å². The van der Waals surface area contributed by atoms with Crippen LogP contribution in [0.15, 0.2) is 54.3 Å². The zero-order valence-electron chi connectivity index (χ0n) is 10.4. The molecule has 1 N–H and O–H groups in total. The normalized spacial score (nSPS) is 10.5. The quantitative estimate of drug-likeness (QED) is 0.766. The van der Waals surface area contributed by atoms with E-state index in [4.69, 9.17) is 4.74 Å². The minimum Gasteiger partial charge on any atom is -0.493 e. The van der Waals surface area contributed by atoms with Gasteiger partial charge in [0.25, 0.3) is 0 Å². The molecule has 0 fully saturated rings. The molecule has 0 unspecified atom stereocenters. The van der Waals surface area contributed by atoms with Crippen molar-refractivity contribution in [3.8, 4) is 17.0 Å². The predicted molar refractivity (Wildman–Crippen MR) is 77.5 cm³/mol. The van der Waals surface area contributed by atoms with Gasteiger partial charge < -0.3 is 9.72 Å². The highest BCUT2D eigenvalue weighted by atomic mass is 32.1. The van der Waals surface area contributed by atoms with Crippen molar-refractivity contribution in [3.63, 3.8) is 0 Å². The van der Waals surface area contributed by atoms with E-state index in [0.717, 1.165) is 23.4 Å². The van der Waals surface area contributed by atoms with E-state index in [2.05, 4.69) is 27.5 Å². The van der Waals surface area contributed by atoms with Crippen LogP contribution < -0.4 is 4.74 Å². The van der Waals surface area contributed by atoms with Crippen LogP contribution in [-0.4, -0.2) is 16.6 Å². The van der Waals surface area contributed by atoms with Crippen LogP contribution in [0, 0.1) is 0 Å². The number of aromatic amines is 1. The Morgan fingerprint density at radius 1 is 1.16 bits per heavy atom. The minimum atomic E-state index is 0.682. The molecule has 2 aromatic heterocycles. The van der Waals surface area contributed by atoms with Gasteiger partial charge in [0.2, 0.25) is 0 Å². The van der Waals surface area contributed by atoms with Crippen molar-refractivity contribution in [1.29, 1.82) is 0 Å². The first kappa shape index (κ1) is 12.0. The summed E-state index contributed by atoms with van der Waals surface area (Å²) in [5, 5.41) is 2.09. The monoisotopic (exact) mass is 270 g/mol. The molecule has 0 aliphatic carbocycles. The summed E-state index contributed by atoms with van der Waals surface area (Å²) in [7, 11) is 0. The molecule has 0 spiro atoms. The lowest BCUT2D eigenvalue weighted by Crippen LogP contribution is -2.01. The van der Waals surface area contributed by atoms with E-state index in [0.29, 0.717) is 6.61 Å². The smallest absolute Gasteiger partial charge is 0.128 e. The molecule has 2 heterocycles. The fraction of sp³-hybridized carbons (Fsp3) is 0.133. The summed E-state index contributed by atoms with van der Waals surface area (Å²) in [6.45, 7) is 0.682. The number of nitrogens with one attached hydrogen (secondary N) is 1. The van der Waals surface area contributed by atoms with Crippen molar-refractivity contribution in [1.82, 2.24) is 9.97 Å². The number of benzene rings is 1. The molecule has 3 rings (SSSR count). The van der Waals surface area contributed by atoms with Crippen LogP contribution in [0.2, 0.25) is 0 Å². The second-order valence-corrected chi connectivity index (χ2v) is 5.16. The molecule has 0 saturated heterocycles. The van der Waals surface area contributed by atoms with E-state index in [1.807, 2.05) is 30.5 Å². The van der Waals surface area contributed by atoms with Crippen LogP contribution in [0.5, 0.6) is 5.75 Å². The first-order valence-electron chi connectivity index (χ1n) is 6.17. The third-order valence-corrected chi connectivity index (χ3v) is 3.78. The van der Waals surface area contributed by atoms with Crippen LogP contribution in [0.4, 0.5) is 0 Å². The highest BCUT2D eigenvalue weighted by Gasteiger charge is 2.07. The molecule has 1 aromatic carbocycles. The Labute approximate surface area is 115 Å². The van der Waals surface area contributed by atoms with Gasteiger partial charge in [0.05, 0.1) is 18.6 Å². The molecule has 0 amide bonds. The van der Waals surface area contributed by atoms with Crippen molar-refractivity contribution in [3.05, 3.63) is 59.2 Å². The van der Waals surface area contributed by atoms with Crippen LogP contribution in [-0.2, 0) is 6.42 Å². The summed E-state index contributed by atoms with van der Waals surface area (Å²) >= 11 is 1.76. The standard InChI is InChI=1S/C15H14N2OS/c1-2-6-15(13(5-1)14-10-16-11-17-14)18-8-7-12-4-3-9-19-12/h1-6,9-11H,7-8H2,(H,16,17). The molecular formula is C15H14N2OS. The molecule has 0 saturated carbocycles. The van der Waals surface area contributed by atoms with Gasteiger partial charge in [-0.15, -0.1) is 11.3 Å². The van der Waals surface area contributed by atoms with Gasteiger partial charge in [0, 0.05) is 23.1 Å². The molecular weight excluding hydrogens is 256 g/mol. The lowest BCUT2D eigenvalue weighted by atomic mass is 10.1. The zero-order chi connectivity index (χ0) is 12.9. The maximum atomic E-state index is 5.89. The molecule has 0 atom stereocenters. The molecule has 4 heteroatoms. The van der Waals surface area contributed by atoms with Crippen molar-refractivity contribution >= 4 is 11.3 Å². The molecule has 3 nitrogen and oxygen atoms in total. The summed E-state index contributed by atoms with van der Waals surface area (Å²) in [5.74, 6) is 0.881. The molecule has 0 radical (unpaired) electrons. The van der Waals surface area contributed by atoms with Crippen molar-refractivity contribution in [2.24, 2.45) is 0 Å². The topological polar surface area (TPSA) is 37.9 Å². The van der Waals surface area contributed by atoms with E-state index >= 15 is 0 Å². The number of ether oxygens (including phenoxy) is 1. The van der Waals surface area contributed by atoms with Gasteiger partial charge in [0.1, 0.15) is 5.75 Å². The van der Waals surface area contributed by atoms with Gasteiger partial charge in [-0.25, -0.2) is 4.98 Å². The van der Waals surface area contributed by atoms with E-state index < -0.39 is 0 Å². The number of H-pyrrole nitrogens is 1. The molecule has 3 aromatic rings. The van der Waals surface area contributed by atoms with Crippen LogP contribution in [0.3, 0.4) is 0 Å². The second-order valence-electron chi connectivity index (χ2n) is 4.13. The Morgan fingerprint density at radius 2 is 2.11 bits per heavy atom. The molecule has 0 aliphatic heterocycles. The number of imidazole rings is 1. The molecule has 19 heavy (non-hydrogen) atoms. The Morgan fingerprint density at radius 3 is 2.89 bits per heavy atom. The maximum absolute atomic E-state index is 5.89. The number of nitrogens with zero attached hydrogens (tertiary/aromatic N) is 1. The van der Waals surface area contributed by atoms with E-state index in [9.17, 15) is 0 Å². The third kappa shape index (κ3) is 2.85. The van der Waals surface area contributed by atoms with Gasteiger partial charge in [-0.05, 0) is 23.6 Å². The SMILES string of the molecule is c1csc(CCOc2ccccc2-c2c[nH]cn2)c1. The summed E-state index contributed by atoms with van der Waals surface area (Å²) in [4.78, 5) is 8.59. The van der Waals surface area contributed by atoms with Gasteiger partial charge in [-0.2, -0.15) is 0 Å². The van der Waals surface area contributed by atoms with E-state index in [1.165, 1.54) is 4.88 Å². The number of hydrogen-bond donors (Lipinski definition) is 1. The van der Waals surface area contributed by atoms with Crippen LogP contribution in [0.1, 0.15) is 4.88 Å². The number of rotatable bonds is 5. The lowest BCUT2D eigenvalue weighted by Gasteiger charge is -2.09. The Kier molecular flexibility index (Phi) is 3.61. The zero-order valence-corrected chi connectivity index (χ0v) is 11.2. The van der Waals surface area contributed by atoms with Gasteiger partial charge in [0.15, 0.2) is 0 Å². The number of thiophene rings is 1. The molecule has 0 aliphatic rings. The molecule has 96 valence electrons. The fourth-order valence-corrected chi connectivity index (χ4v) is 2.62. The average Bonchev–Trinajstić information content (AvgIpc) is 3.12. The van der Waals surface area contributed by atoms with Crippen LogP contribution >= 0.6 is 11.3 Å².